The van der Waals surface area contributed by atoms with Crippen molar-refractivity contribution in [2.45, 2.75) is 13.3 Å². The van der Waals surface area contributed by atoms with Gasteiger partial charge in [0.2, 0.25) is 0 Å². The van der Waals surface area contributed by atoms with Crippen LogP contribution in [0, 0.1) is 0 Å². The number of rotatable bonds is 5. The maximum absolute atomic E-state index is 9.01. The number of nitrogen functional groups attached to an aromatic ring is 1. The number of oxazole rings is 1. The third-order valence-electron chi connectivity index (χ3n) is 2.54. The molecule has 0 spiro atoms. The molecule has 0 unspecified atom stereocenters. The Hall–Kier alpha value is -1.75. The summed E-state index contributed by atoms with van der Waals surface area (Å²) in [4.78, 5) is 6.31. The van der Waals surface area contributed by atoms with Crippen LogP contribution in [0.1, 0.15) is 13.3 Å². The molecule has 92 valence electrons. The molecule has 0 radical (unpaired) electrons. The van der Waals surface area contributed by atoms with E-state index in [-0.39, 0.29) is 6.61 Å². The lowest BCUT2D eigenvalue weighted by atomic mass is 10.3. The molecule has 2 rings (SSSR count). The second-order valence-electron chi connectivity index (χ2n) is 3.93. The molecular weight excluding hydrogens is 218 g/mol. The van der Waals surface area contributed by atoms with Crippen LogP contribution in [0.25, 0.3) is 11.1 Å². The maximum Gasteiger partial charge on any atom is 0.298 e. The largest absolute Gasteiger partial charge is 0.423 e. The van der Waals surface area contributed by atoms with Gasteiger partial charge in [0.05, 0.1) is 6.61 Å². The van der Waals surface area contributed by atoms with E-state index in [2.05, 4.69) is 11.9 Å². The van der Waals surface area contributed by atoms with Gasteiger partial charge in [-0.1, -0.05) is 6.92 Å². The van der Waals surface area contributed by atoms with Crippen molar-refractivity contribution in [2.75, 3.05) is 30.3 Å². The molecule has 0 aliphatic heterocycles. The number of anilines is 2. The van der Waals surface area contributed by atoms with Crippen LogP contribution in [-0.4, -0.2) is 29.8 Å². The predicted octanol–water partition coefficient (Wildman–Crippen LogP) is 1.62. The number of nitrogens with two attached hydrogens (primary N) is 1. The van der Waals surface area contributed by atoms with E-state index in [0.29, 0.717) is 23.8 Å². The molecule has 0 saturated carbocycles. The fourth-order valence-electron chi connectivity index (χ4n) is 1.76. The summed E-state index contributed by atoms with van der Waals surface area (Å²) in [6.07, 6.45) is 0.973. The lowest BCUT2D eigenvalue weighted by Crippen LogP contribution is -2.27. The Kier molecular flexibility index (Phi) is 3.49. The van der Waals surface area contributed by atoms with E-state index in [1.54, 1.807) is 12.1 Å². The fourth-order valence-corrected chi connectivity index (χ4v) is 1.76. The van der Waals surface area contributed by atoms with E-state index in [0.717, 1.165) is 18.5 Å². The average Bonchev–Trinajstić information content (AvgIpc) is 2.71. The smallest absolute Gasteiger partial charge is 0.298 e. The first kappa shape index (κ1) is 11.7. The summed E-state index contributed by atoms with van der Waals surface area (Å²) >= 11 is 0. The van der Waals surface area contributed by atoms with Gasteiger partial charge in [-0.15, -0.1) is 0 Å². The first-order valence-corrected chi connectivity index (χ1v) is 5.76. The number of aliphatic hydroxyl groups excluding tert-OH is 1. The Morgan fingerprint density at radius 3 is 2.94 bits per heavy atom. The van der Waals surface area contributed by atoms with Gasteiger partial charge in [-0.3, -0.25) is 0 Å². The van der Waals surface area contributed by atoms with Crippen molar-refractivity contribution < 1.29 is 9.52 Å². The van der Waals surface area contributed by atoms with Crippen molar-refractivity contribution in [3.05, 3.63) is 18.2 Å². The van der Waals surface area contributed by atoms with E-state index in [4.69, 9.17) is 15.3 Å². The quantitative estimate of drug-likeness (QED) is 0.770. The van der Waals surface area contributed by atoms with Gasteiger partial charge in [-0.25, -0.2) is 0 Å². The van der Waals surface area contributed by atoms with Gasteiger partial charge in [0.15, 0.2) is 5.58 Å². The molecule has 1 aromatic heterocycles. The first-order valence-electron chi connectivity index (χ1n) is 5.76. The Balaban J connectivity index is 2.33. The number of hydrogen-bond acceptors (Lipinski definition) is 5. The Morgan fingerprint density at radius 1 is 1.41 bits per heavy atom. The third kappa shape index (κ3) is 2.50. The zero-order valence-corrected chi connectivity index (χ0v) is 9.89. The number of benzene rings is 1. The SMILES string of the molecule is CCCN(CCO)c1nc2ccc(N)cc2o1. The summed E-state index contributed by atoms with van der Waals surface area (Å²) in [5.41, 5.74) is 7.81. The average molecular weight is 235 g/mol. The summed E-state index contributed by atoms with van der Waals surface area (Å²) in [6.45, 7) is 3.49. The monoisotopic (exact) mass is 235 g/mol. The molecule has 0 fully saturated rings. The van der Waals surface area contributed by atoms with Gasteiger partial charge in [0, 0.05) is 24.8 Å². The van der Waals surface area contributed by atoms with Crippen molar-refractivity contribution in [1.29, 1.82) is 0 Å². The van der Waals surface area contributed by atoms with Gasteiger partial charge < -0.3 is 20.2 Å². The van der Waals surface area contributed by atoms with Crippen LogP contribution in [0.3, 0.4) is 0 Å². The third-order valence-corrected chi connectivity index (χ3v) is 2.54. The molecule has 2 aromatic rings. The Bertz CT molecular complexity index is 489. The van der Waals surface area contributed by atoms with E-state index in [1.165, 1.54) is 0 Å². The number of aromatic nitrogens is 1. The minimum absolute atomic E-state index is 0.0842. The van der Waals surface area contributed by atoms with Gasteiger partial charge in [-0.05, 0) is 18.6 Å². The Labute approximate surface area is 99.8 Å². The van der Waals surface area contributed by atoms with Crippen molar-refractivity contribution in [2.24, 2.45) is 0 Å². The highest BCUT2D eigenvalue weighted by atomic mass is 16.4. The highest BCUT2D eigenvalue weighted by Crippen LogP contribution is 2.23. The highest BCUT2D eigenvalue weighted by Gasteiger charge is 2.12. The molecule has 5 nitrogen and oxygen atoms in total. The molecule has 5 heteroatoms. The topological polar surface area (TPSA) is 75.5 Å². The van der Waals surface area contributed by atoms with Crippen LogP contribution in [0.15, 0.2) is 22.6 Å². The first-order chi connectivity index (χ1) is 8.24. The second-order valence-corrected chi connectivity index (χ2v) is 3.93. The second kappa shape index (κ2) is 5.05. The molecule has 17 heavy (non-hydrogen) atoms. The van der Waals surface area contributed by atoms with Crippen LogP contribution < -0.4 is 10.6 Å². The number of fused-ring (bicyclic) bond motifs is 1. The molecule has 0 saturated heterocycles. The van der Waals surface area contributed by atoms with E-state index < -0.39 is 0 Å². The van der Waals surface area contributed by atoms with Gasteiger partial charge in [-0.2, -0.15) is 4.98 Å². The summed E-state index contributed by atoms with van der Waals surface area (Å²) < 4.78 is 5.64. The van der Waals surface area contributed by atoms with Crippen LogP contribution in [0.5, 0.6) is 0 Å². The summed E-state index contributed by atoms with van der Waals surface area (Å²) in [7, 11) is 0. The highest BCUT2D eigenvalue weighted by molar-refractivity contribution is 5.78. The maximum atomic E-state index is 9.01. The van der Waals surface area contributed by atoms with E-state index in [1.807, 2.05) is 11.0 Å². The van der Waals surface area contributed by atoms with Crippen molar-refractivity contribution in [3.8, 4) is 0 Å². The van der Waals surface area contributed by atoms with Crippen LogP contribution >= 0.6 is 0 Å². The zero-order valence-electron chi connectivity index (χ0n) is 9.89. The molecule has 0 aliphatic carbocycles. The molecule has 3 N–H and O–H groups in total. The molecule has 0 amide bonds. The van der Waals surface area contributed by atoms with Gasteiger partial charge in [0.1, 0.15) is 5.52 Å². The van der Waals surface area contributed by atoms with E-state index >= 15 is 0 Å². The number of aliphatic hydroxyl groups is 1. The Morgan fingerprint density at radius 2 is 2.24 bits per heavy atom. The fraction of sp³-hybridized carbons (Fsp3) is 0.417. The molecule has 0 bridgehead atoms. The lowest BCUT2D eigenvalue weighted by Gasteiger charge is -2.17. The normalized spacial score (nSPS) is 10.9. The summed E-state index contributed by atoms with van der Waals surface area (Å²) in [5, 5.41) is 9.01. The van der Waals surface area contributed by atoms with Crippen molar-refractivity contribution in [3.63, 3.8) is 0 Å². The van der Waals surface area contributed by atoms with E-state index in [9.17, 15) is 0 Å². The molecule has 1 heterocycles. The number of hydrogen-bond donors (Lipinski definition) is 2. The standard InChI is InChI=1S/C12H17N3O2/c1-2-5-15(6-7-16)12-14-10-4-3-9(13)8-11(10)17-12/h3-4,8,16H,2,5-7,13H2,1H3. The van der Waals surface area contributed by atoms with Crippen molar-refractivity contribution in [1.82, 2.24) is 4.98 Å². The molecular formula is C12H17N3O2. The minimum atomic E-state index is 0.0842. The number of nitrogens with zero attached hydrogens (tertiary/aromatic N) is 2. The van der Waals surface area contributed by atoms with Crippen LogP contribution in [0.4, 0.5) is 11.7 Å². The van der Waals surface area contributed by atoms with Crippen LogP contribution in [0.2, 0.25) is 0 Å². The predicted molar refractivity (Wildman–Crippen MR) is 68.0 cm³/mol. The van der Waals surface area contributed by atoms with Crippen LogP contribution in [-0.2, 0) is 0 Å². The minimum Gasteiger partial charge on any atom is -0.423 e. The van der Waals surface area contributed by atoms with Crippen molar-refractivity contribution >= 4 is 22.8 Å². The van der Waals surface area contributed by atoms with Gasteiger partial charge in [0.25, 0.3) is 6.01 Å². The lowest BCUT2D eigenvalue weighted by molar-refractivity contribution is 0.299. The van der Waals surface area contributed by atoms with Gasteiger partial charge >= 0.3 is 0 Å². The summed E-state index contributed by atoms with van der Waals surface area (Å²) in [5.74, 6) is 0. The zero-order chi connectivity index (χ0) is 12.3. The molecule has 1 aromatic carbocycles. The molecule has 0 atom stereocenters. The molecule has 0 aliphatic rings. The summed E-state index contributed by atoms with van der Waals surface area (Å²) in [6, 6.07) is 5.93.